The predicted molar refractivity (Wildman–Crippen MR) is 53.3 cm³/mol. The third kappa shape index (κ3) is 2.61. The molecule has 0 saturated carbocycles. The summed E-state index contributed by atoms with van der Waals surface area (Å²) in [5, 5.41) is 18.0. The molecule has 0 aliphatic carbocycles. The second kappa shape index (κ2) is 4.69. The third-order valence-corrected chi connectivity index (χ3v) is 1.81. The Bertz CT molecular complexity index is 299. The lowest BCUT2D eigenvalue weighted by Gasteiger charge is -2.05. The summed E-state index contributed by atoms with van der Waals surface area (Å²) in [6.45, 7) is 0. The van der Waals surface area contributed by atoms with Crippen LogP contribution < -0.4 is 11.2 Å². The van der Waals surface area contributed by atoms with Crippen molar-refractivity contribution < 1.29 is 10.0 Å². The summed E-state index contributed by atoms with van der Waals surface area (Å²) in [6.07, 6.45) is 3.83. The van der Waals surface area contributed by atoms with E-state index in [2.05, 4.69) is 0 Å². The van der Waals surface area contributed by atoms with Crippen molar-refractivity contribution in [3.63, 3.8) is 0 Å². The molecule has 0 amide bonds. The maximum Gasteiger partial charge on any atom is 0.488 e. The monoisotopic (exact) mass is 177 g/mol. The first-order valence-electron chi connectivity index (χ1n) is 4.06. The van der Waals surface area contributed by atoms with E-state index in [4.69, 9.17) is 15.8 Å². The van der Waals surface area contributed by atoms with Crippen molar-refractivity contribution >= 4 is 12.6 Å². The summed E-state index contributed by atoms with van der Waals surface area (Å²) in [4.78, 5) is 0. The largest absolute Gasteiger partial charge is 0.488 e. The van der Waals surface area contributed by atoms with Crippen LogP contribution in [0.1, 0.15) is 5.56 Å². The van der Waals surface area contributed by atoms with Gasteiger partial charge in [0.25, 0.3) is 0 Å². The predicted octanol–water partition coefficient (Wildman–Crippen LogP) is -0.619. The molecule has 0 heterocycles. The molecule has 0 fully saturated rings. The Balaban J connectivity index is 2.91. The van der Waals surface area contributed by atoms with Crippen LogP contribution in [0.5, 0.6) is 0 Å². The van der Waals surface area contributed by atoms with Gasteiger partial charge in [0.2, 0.25) is 0 Å². The molecule has 0 radical (unpaired) electrons. The highest BCUT2D eigenvalue weighted by Gasteiger charge is 2.13. The fourth-order valence-electron chi connectivity index (χ4n) is 1.17. The molecule has 3 nitrogen and oxygen atoms in total. The normalized spacial score (nSPS) is 10.6. The van der Waals surface area contributed by atoms with Gasteiger partial charge in [-0.05, 0) is 23.6 Å². The van der Waals surface area contributed by atoms with Crippen LogP contribution in [-0.2, 0) is 6.42 Å². The Labute approximate surface area is 77.7 Å². The van der Waals surface area contributed by atoms with Crippen LogP contribution in [0.4, 0.5) is 0 Å². The second-order valence-electron chi connectivity index (χ2n) is 2.70. The van der Waals surface area contributed by atoms with E-state index < -0.39 is 7.12 Å². The van der Waals surface area contributed by atoms with Gasteiger partial charge in [-0.25, -0.2) is 0 Å². The van der Waals surface area contributed by atoms with E-state index in [1.807, 2.05) is 12.1 Å². The van der Waals surface area contributed by atoms with Gasteiger partial charge >= 0.3 is 7.12 Å². The van der Waals surface area contributed by atoms with Gasteiger partial charge in [-0.1, -0.05) is 30.3 Å². The molecule has 4 N–H and O–H groups in total. The minimum absolute atomic E-state index is 0.528. The summed E-state index contributed by atoms with van der Waals surface area (Å²) < 4.78 is 0. The summed E-state index contributed by atoms with van der Waals surface area (Å²) in [7, 11) is -1.41. The van der Waals surface area contributed by atoms with Crippen LogP contribution in [0.15, 0.2) is 36.5 Å². The van der Waals surface area contributed by atoms with Crippen molar-refractivity contribution in [2.75, 3.05) is 0 Å². The standard InChI is InChI=1S/C9H12BNO2/c11-7-3-5-8-4-1-2-6-9(8)10(12)13/h1-4,6-7,12-13H,5,11H2/b7-3+. The Kier molecular flexibility index (Phi) is 3.55. The minimum Gasteiger partial charge on any atom is -0.423 e. The van der Waals surface area contributed by atoms with E-state index in [-0.39, 0.29) is 0 Å². The first-order valence-corrected chi connectivity index (χ1v) is 4.06. The quantitative estimate of drug-likeness (QED) is 0.539. The first kappa shape index (κ1) is 9.83. The Morgan fingerprint density at radius 2 is 2.00 bits per heavy atom. The summed E-state index contributed by atoms with van der Waals surface area (Å²) in [6, 6.07) is 7.15. The molecule has 1 aromatic carbocycles. The van der Waals surface area contributed by atoms with E-state index in [1.54, 1.807) is 18.2 Å². The summed E-state index contributed by atoms with van der Waals surface area (Å²) in [5.41, 5.74) is 6.60. The molecule has 0 spiro atoms. The third-order valence-electron chi connectivity index (χ3n) is 1.81. The molecular weight excluding hydrogens is 165 g/mol. The number of hydrogen-bond acceptors (Lipinski definition) is 3. The Morgan fingerprint density at radius 3 is 2.62 bits per heavy atom. The first-order chi connectivity index (χ1) is 6.25. The van der Waals surface area contributed by atoms with Crippen LogP contribution in [0.2, 0.25) is 0 Å². The van der Waals surface area contributed by atoms with Gasteiger partial charge in [0.15, 0.2) is 0 Å². The lowest BCUT2D eigenvalue weighted by molar-refractivity contribution is 0.425. The zero-order chi connectivity index (χ0) is 9.68. The molecule has 0 atom stereocenters. The second-order valence-corrected chi connectivity index (χ2v) is 2.70. The van der Waals surface area contributed by atoms with E-state index >= 15 is 0 Å². The maximum absolute atomic E-state index is 9.00. The maximum atomic E-state index is 9.00. The number of hydrogen-bond donors (Lipinski definition) is 3. The average Bonchev–Trinajstić information content (AvgIpc) is 2.15. The van der Waals surface area contributed by atoms with Crippen molar-refractivity contribution in [3.8, 4) is 0 Å². The summed E-state index contributed by atoms with van der Waals surface area (Å²) >= 11 is 0. The van der Waals surface area contributed by atoms with Gasteiger partial charge in [-0.2, -0.15) is 0 Å². The number of allylic oxidation sites excluding steroid dienone is 1. The average molecular weight is 177 g/mol. The zero-order valence-electron chi connectivity index (χ0n) is 7.22. The van der Waals surface area contributed by atoms with Gasteiger partial charge in [-0.3, -0.25) is 0 Å². The Hall–Kier alpha value is -1.26. The summed E-state index contributed by atoms with van der Waals surface area (Å²) in [5.74, 6) is 0. The van der Waals surface area contributed by atoms with Gasteiger partial charge < -0.3 is 15.8 Å². The number of rotatable bonds is 3. The van der Waals surface area contributed by atoms with Crippen LogP contribution in [-0.4, -0.2) is 17.2 Å². The van der Waals surface area contributed by atoms with E-state index in [9.17, 15) is 0 Å². The highest BCUT2D eigenvalue weighted by Crippen LogP contribution is 1.98. The van der Waals surface area contributed by atoms with Crippen molar-refractivity contribution in [3.05, 3.63) is 42.1 Å². The molecule has 0 bridgehead atoms. The fraction of sp³-hybridized carbons (Fsp3) is 0.111. The lowest BCUT2D eigenvalue weighted by atomic mass is 9.76. The van der Waals surface area contributed by atoms with Crippen LogP contribution in [0.3, 0.4) is 0 Å². The molecule has 4 heteroatoms. The molecule has 68 valence electrons. The Morgan fingerprint density at radius 1 is 1.31 bits per heavy atom. The molecular formula is C9H12BNO2. The van der Waals surface area contributed by atoms with Gasteiger partial charge in [0, 0.05) is 0 Å². The fourth-order valence-corrected chi connectivity index (χ4v) is 1.17. The van der Waals surface area contributed by atoms with Gasteiger partial charge in [0.05, 0.1) is 0 Å². The molecule has 0 unspecified atom stereocenters. The van der Waals surface area contributed by atoms with Crippen LogP contribution in [0.25, 0.3) is 0 Å². The number of nitrogens with two attached hydrogens (primary N) is 1. The van der Waals surface area contributed by atoms with E-state index in [0.717, 1.165) is 5.56 Å². The molecule has 0 aliphatic rings. The highest BCUT2D eigenvalue weighted by molar-refractivity contribution is 6.59. The molecule has 0 saturated heterocycles. The van der Waals surface area contributed by atoms with Crippen molar-refractivity contribution in [2.45, 2.75) is 6.42 Å². The highest BCUT2D eigenvalue weighted by atomic mass is 16.4. The van der Waals surface area contributed by atoms with E-state index in [0.29, 0.717) is 11.9 Å². The molecule has 1 rings (SSSR count). The topological polar surface area (TPSA) is 66.5 Å². The van der Waals surface area contributed by atoms with Gasteiger partial charge in [0.1, 0.15) is 0 Å². The lowest BCUT2D eigenvalue weighted by Crippen LogP contribution is -2.32. The smallest absolute Gasteiger partial charge is 0.423 e. The molecule has 0 aliphatic heterocycles. The van der Waals surface area contributed by atoms with Crippen molar-refractivity contribution in [1.29, 1.82) is 0 Å². The number of benzene rings is 1. The van der Waals surface area contributed by atoms with Crippen LogP contribution in [0, 0.1) is 0 Å². The van der Waals surface area contributed by atoms with E-state index in [1.165, 1.54) is 6.20 Å². The zero-order valence-corrected chi connectivity index (χ0v) is 7.22. The molecule has 0 aromatic heterocycles. The van der Waals surface area contributed by atoms with Crippen molar-refractivity contribution in [2.24, 2.45) is 5.73 Å². The van der Waals surface area contributed by atoms with Gasteiger partial charge in [-0.15, -0.1) is 0 Å². The SMILES string of the molecule is N/C=C/Cc1ccccc1B(O)O. The minimum atomic E-state index is -1.41. The van der Waals surface area contributed by atoms with Crippen molar-refractivity contribution in [1.82, 2.24) is 0 Å². The molecule has 13 heavy (non-hydrogen) atoms. The van der Waals surface area contributed by atoms with Crippen LogP contribution >= 0.6 is 0 Å². The molecule has 1 aromatic rings.